The first-order valence-electron chi connectivity index (χ1n) is 9.34. The molecule has 9 heteroatoms. The van der Waals surface area contributed by atoms with Crippen molar-refractivity contribution in [1.82, 2.24) is 20.1 Å². The molecule has 8 nitrogen and oxygen atoms in total. The van der Waals surface area contributed by atoms with Crippen LogP contribution in [0.4, 0.5) is 5.69 Å². The summed E-state index contributed by atoms with van der Waals surface area (Å²) in [4.78, 5) is 24.4. The molecule has 2 amide bonds. The number of hydrogen-bond acceptors (Lipinski definition) is 6. The van der Waals surface area contributed by atoms with Crippen LogP contribution in [0.2, 0.25) is 0 Å². The summed E-state index contributed by atoms with van der Waals surface area (Å²) >= 11 is 1.30. The number of anilines is 1. The SMILES string of the molecule is Cn1cnnc1SCC(=O)Nc1cccc(C(=O)NCCCOCC2CC2)c1. The number of nitrogens with zero attached hydrogens (tertiary/aromatic N) is 3. The van der Waals surface area contributed by atoms with Gasteiger partial charge in [-0.25, -0.2) is 0 Å². The fraction of sp³-hybridized carbons (Fsp3) is 0.474. The summed E-state index contributed by atoms with van der Waals surface area (Å²) in [5, 5.41) is 14.1. The topological polar surface area (TPSA) is 98.1 Å². The van der Waals surface area contributed by atoms with E-state index in [2.05, 4.69) is 20.8 Å². The highest BCUT2D eigenvalue weighted by atomic mass is 32.2. The molecule has 0 unspecified atom stereocenters. The number of carbonyl (C=O) groups is 2. The van der Waals surface area contributed by atoms with Gasteiger partial charge in [0.05, 0.1) is 5.75 Å². The standard InChI is InChI=1S/C19H25N5O3S/c1-24-13-21-23-19(24)28-12-17(25)22-16-5-2-4-15(10-16)18(26)20-8-3-9-27-11-14-6-7-14/h2,4-5,10,13-14H,3,6-9,11-12H2,1H3,(H,20,26)(H,22,25). The molecular formula is C19H25N5O3S. The number of nitrogens with one attached hydrogen (secondary N) is 2. The van der Waals surface area contributed by atoms with Crippen LogP contribution in [0.15, 0.2) is 35.7 Å². The first-order chi connectivity index (χ1) is 13.6. The summed E-state index contributed by atoms with van der Waals surface area (Å²) in [6.07, 6.45) is 4.93. The van der Waals surface area contributed by atoms with Crippen molar-refractivity contribution in [3.8, 4) is 0 Å². The first-order valence-corrected chi connectivity index (χ1v) is 10.3. The fourth-order valence-corrected chi connectivity index (χ4v) is 3.17. The van der Waals surface area contributed by atoms with Gasteiger partial charge in [0.1, 0.15) is 6.33 Å². The maximum atomic E-state index is 12.3. The number of aryl methyl sites for hydroxylation is 1. The smallest absolute Gasteiger partial charge is 0.251 e. The van der Waals surface area contributed by atoms with E-state index >= 15 is 0 Å². The average Bonchev–Trinajstić information content (AvgIpc) is 3.43. The van der Waals surface area contributed by atoms with Crippen LogP contribution in [-0.2, 0) is 16.6 Å². The summed E-state index contributed by atoms with van der Waals surface area (Å²) in [7, 11) is 1.82. The van der Waals surface area contributed by atoms with Crippen LogP contribution >= 0.6 is 11.8 Å². The van der Waals surface area contributed by atoms with Crippen LogP contribution < -0.4 is 10.6 Å². The molecule has 2 N–H and O–H groups in total. The fourth-order valence-electron chi connectivity index (χ4n) is 2.48. The van der Waals surface area contributed by atoms with Crippen LogP contribution in [-0.4, -0.2) is 52.1 Å². The molecule has 1 aliphatic carbocycles. The number of hydrogen-bond donors (Lipinski definition) is 2. The number of rotatable bonds is 11. The Kier molecular flexibility index (Phi) is 7.44. The normalized spacial score (nSPS) is 13.3. The summed E-state index contributed by atoms with van der Waals surface area (Å²) in [5.41, 5.74) is 1.10. The van der Waals surface area contributed by atoms with E-state index in [1.807, 2.05) is 7.05 Å². The van der Waals surface area contributed by atoms with E-state index in [1.165, 1.54) is 24.6 Å². The van der Waals surface area contributed by atoms with E-state index in [0.717, 1.165) is 18.9 Å². The molecule has 0 radical (unpaired) electrons. The highest BCUT2D eigenvalue weighted by Crippen LogP contribution is 2.28. The van der Waals surface area contributed by atoms with Gasteiger partial charge in [0, 0.05) is 38.1 Å². The lowest BCUT2D eigenvalue weighted by Gasteiger charge is -2.09. The summed E-state index contributed by atoms with van der Waals surface area (Å²) in [6.45, 7) is 2.06. The minimum atomic E-state index is -0.168. The third kappa shape index (κ3) is 6.65. The second-order valence-electron chi connectivity index (χ2n) is 6.77. The predicted octanol–water partition coefficient (Wildman–Crippen LogP) is 2.09. The lowest BCUT2D eigenvalue weighted by Crippen LogP contribution is -2.25. The second kappa shape index (κ2) is 10.2. The van der Waals surface area contributed by atoms with Crippen molar-refractivity contribution in [1.29, 1.82) is 0 Å². The molecule has 0 saturated heterocycles. The van der Waals surface area contributed by atoms with Crippen molar-refractivity contribution in [2.45, 2.75) is 24.4 Å². The molecule has 0 spiro atoms. The summed E-state index contributed by atoms with van der Waals surface area (Å²) < 4.78 is 7.30. The molecule has 2 aromatic rings. The van der Waals surface area contributed by atoms with Crippen molar-refractivity contribution in [3.05, 3.63) is 36.2 Å². The Labute approximate surface area is 168 Å². The molecule has 1 aliphatic rings. The molecule has 1 fully saturated rings. The maximum absolute atomic E-state index is 12.3. The largest absolute Gasteiger partial charge is 0.381 e. The quantitative estimate of drug-likeness (QED) is 0.440. The van der Waals surface area contributed by atoms with E-state index in [1.54, 1.807) is 35.2 Å². The van der Waals surface area contributed by atoms with Gasteiger partial charge in [0.25, 0.3) is 5.91 Å². The number of carbonyl (C=O) groups excluding carboxylic acids is 2. The third-order valence-corrected chi connectivity index (χ3v) is 5.25. The Balaban J connectivity index is 1.38. The van der Waals surface area contributed by atoms with Crippen molar-refractivity contribution < 1.29 is 14.3 Å². The Morgan fingerprint density at radius 3 is 2.96 bits per heavy atom. The zero-order valence-corrected chi connectivity index (χ0v) is 16.7. The van der Waals surface area contributed by atoms with Gasteiger partial charge in [-0.05, 0) is 43.4 Å². The number of amides is 2. The molecule has 1 heterocycles. The van der Waals surface area contributed by atoms with Gasteiger partial charge >= 0.3 is 0 Å². The zero-order chi connectivity index (χ0) is 19.8. The van der Waals surface area contributed by atoms with Crippen molar-refractivity contribution in [3.63, 3.8) is 0 Å². The average molecular weight is 404 g/mol. The molecule has 1 saturated carbocycles. The Bertz CT molecular complexity index is 806. The van der Waals surface area contributed by atoms with Crippen molar-refractivity contribution in [2.75, 3.05) is 30.8 Å². The number of ether oxygens (including phenoxy) is 1. The van der Waals surface area contributed by atoms with Gasteiger partial charge in [0.15, 0.2) is 5.16 Å². The molecule has 1 aromatic heterocycles. The summed E-state index contributed by atoms with van der Waals surface area (Å²) in [5.74, 6) is 0.639. The predicted molar refractivity (Wildman–Crippen MR) is 107 cm³/mol. The summed E-state index contributed by atoms with van der Waals surface area (Å²) in [6, 6.07) is 6.90. The highest BCUT2D eigenvalue weighted by Gasteiger charge is 2.20. The molecular weight excluding hydrogens is 378 g/mol. The van der Waals surface area contributed by atoms with Crippen LogP contribution in [0.25, 0.3) is 0 Å². The van der Waals surface area contributed by atoms with E-state index in [9.17, 15) is 9.59 Å². The van der Waals surface area contributed by atoms with Crippen molar-refractivity contribution in [2.24, 2.45) is 13.0 Å². The zero-order valence-electron chi connectivity index (χ0n) is 15.9. The number of benzene rings is 1. The van der Waals surface area contributed by atoms with Gasteiger partial charge < -0.3 is 19.9 Å². The van der Waals surface area contributed by atoms with Gasteiger partial charge in [-0.15, -0.1) is 10.2 Å². The van der Waals surface area contributed by atoms with Crippen LogP contribution in [0, 0.1) is 5.92 Å². The minimum absolute atomic E-state index is 0.160. The minimum Gasteiger partial charge on any atom is -0.381 e. The molecule has 0 aliphatic heterocycles. The number of thioether (sulfide) groups is 1. The van der Waals surface area contributed by atoms with Crippen LogP contribution in [0.5, 0.6) is 0 Å². The van der Waals surface area contributed by atoms with E-state index < -0.39 is 0 Å². The van der Waals surface area contributed by atoms with E-state index in [0.29, 0.717) is 29.6 Å². The van der Waals surface area contributed by atoms with E-state index in [4.69, 9.17) is 4.74 Å². The first kappa shape index (κ1) is 20.3. The van der Waals surface area contributed by atoms with Gasteiger partial charge in [-0.1, -0.05) is 17.8 Å². The van der Waals surface area contributed by atoms with Crippen LogP contribution in [0.1, 0.15) is 29.6 Å². The Morgan fingerprint density at radius 1 is 1.36 bits per heavy atom. The highest BCUT2D eigenvalue weighted by molar-refractivity contribution is 7.99. The third-order valence-electron chi connectivity index (χ3n) is 4.21. The van der Waals surface area contributed by atoms with Crippen LogP contribution in [0.3, 0.4) is 0 Å². The lowest BCUT2D eigenvalue weighted by atomic mass is 10.2. The molecule has 3 rings (SSSR count). The maximum Gasteiger partial charge on any atom is 0.251 e. The molecule has 0 atom stereocenters. The van der Waals surface area contributed by atoms with Gasteiger partial charge in [-0.2, -0.15) is 0 Å². The van der Waals surface area contributed by atoms with Crippen molar-refractivity contribution >= 4 is 29.3 Å². The van der Waals surface area contributed by atoms with Gasteiger partial charge in [0.2, 0.25) is 5.91 Å². The molecule has 150 valence electrons. The molecule has 0 bridgehead atoms. The lowest BCUT2D eigenvalue weighted by molar-refractivity contribution is -0.113. The van der Waals surface area contributed by atoms with Gasteiger partial charge in [-0.3, -0.25) is 9.59 Å². The van der Waals surface area contributed by atoms with E-state index in [-0.39, 0.29) is 17.6 Å². The number of aromatic nitrogens is 3. The Hall–Kier alpha value is -2.39. The monoisotopic (exact) mass is 403 g/mol. The second-order valence-corrected chi connectivity index (χ2v) is 7.71. The molecule has 28 heavy (non-hydrogen) atoms. The Morgan fingerprint density at radius 2 is 2.21 bits per heavy atom. The molecule has 1 aromatic carbocycles.